The molecule has 2 aromatic heterocycles. The fourth-order valence-corrected chi connectivity index (χ4v) is 6.13. The molecule has 11 heteroatoms. The number of nitriles is 1. The van der Waals surface area contributed by atoms with E-state index in [9.17, 15) is 13.7 Å². The van der Waals surface area contributed by atoms with E-state index in [-0.39, 0.29) is 6.04 Å². The zero-order valence-electron chi connectivity index (χ0n) is 22.1. The van der Waals surface area contributed by atoms with Gasteiger partial charge in [-0.1, -0.05) is 12.1 Å². The molecule has 3 heterocycles. The van der Waals surface area contributed by atoms with Crippen LogP contribution in [0.5, 0.6) is 11.6 Å². The van der Waals surface area contributed by atoms with Gasteiger partial charge in [0.1, 0.15) is 10.4 Å². The SMILES string of the molecule is Cc1cc(C#N)cc(C)c1Oc1nc(NC2CCN(Cc3ccc(NS(C)(=O)=O)cc3)CC2)nc2ccsc12. The molecular formula is C28H30N6O3S2. The number of hydrogen-bond acceptors (Lipinski definition) is 9. The minimum atomic E-state index is -3.28. The highest BCUT2D eigenvalue weighted by Crippen LogP contribution is 2.36. The normalized spacial score (nSPS) is 14.7. The number of nitrogens with one attached hydrogen (secondary N) is 2. The van der Waals surface area contributed by atoms with Crippen molar-refractivity contribution in [3.05, 3.63) is 70.1 Å². The van der Waals surface area contributed by atoms with E-state index in [4.69, 9.17) is 14.7 Å². The minimum Gasteiger partial charge on any atom is -0.437 e. The highest BCUT2D eigenvalue weighted by Gasteiger charge is 2.21. The number of fused-ring (bicyclic) bond motifs is 1. The van der Waals surface area contributed by atoms with E-state index >= 15 is 0 Å². The molecule has 2 N–H and O–H groups in total. The highest BCUT2D eigenvalue weighted by molar-refractivity contribution is 7.92. The molecule has 1 fully saturated rings. The van der Waals surface area contributed by atoms with E-state index in [1.807, 2.05) is 49.6 Å². The fraction of sp³-hybridized carbons (Fsp3) is 0.321. The molecule has 1 aliphatic rings. The Kier molecular flexibility index (Phi) is 7.70. The van der Waals surface area contributed by atoms with Crippen molar-refractivity contribution >= 4 is 43.2 Å². The molecule has 0 amide bonds. The lowest BCUT2D eigenvalue weighted by atomic mass is 10.0. The predicted octanol–water partition coefficient (Wildman–Crippen LogP) is 5.42. The van der Waals surface area contributed by atoms with Crippen molar-refractivity contribution in [2.24, 2.45) is 0 Å². The van der Waals surface area contributed by atoms with Gasteiger partial charge in [0.2, 0.25) is 21.9 Å². The van der Waals surface area contributed by atoms with Gasteiger partial charge in [0.05, 0.1) is 23.4 Å². The standard InChI is InChI=1S/C28H30N6O3S2/c1-18-14-21(16-29)15-19(2)25(18)37-27-26-24(10-13-38-26)31-28(32-27)30-22-8-11-34(12-9-22)17-20-4-6-23(7-5-20)33-39(3,35)36/h4-7,10,13-15,22,33H,8-9,11-12,17H2,1-3H3,(H,30,31,32). The van der Waals surface area contributed by atoms with Gasteiger partial charge in [0, 0.05) is 31.4 Å². The second-order valence-corrected chi connectivity index (χ2v) is 12.6. The molecule has 39 heavy (non-hydrogen) atoms. The van der Waals surface area contributed by atoms with Gasteiger partial charge in [-0.25, -0.2) is 13.4 Å². The van der Waals surface area contributed by atoms with Crippen LogP contribution in [0, 0.1) is 25.2 Å². The van der Waals surface area contributed by atoms with Crippen LogP contribution in [-0.2, 0) is 16.6 Å². The van der Waals surface area contributed by atoms with Gasteiger partial charge >= 0.3 is 0 Å². The highest BCUT2D eigenvalue weighted by atomic mass is 32.2. The van der Waals surface area contributed by atoms with Gasteiger partial charge in [-0.15, -0.1) is 11.3 Å². The molecule has 0 atom stereocenters. The van der Waals surface area contributed by atoms with Crippen LogP contribution >= 0.6 is 11.3 Å². The molecule has 0 spiro atoms. The number of rotatable bonds is 8. The number of benzene rings is 2. The first-order valence-corrected chi connectivity index (χ1v) is 15.4. The Balaban J connectivity index is 1.23. The van der Waals surface area contributed by atoms with Crippen LogP contribution in [-0.4, -0.2) is 48.7 Å². The first kappa shape index (κ1) is 26.9. The largest absolute Gasteiger partial charge is 0.437 e. The number of aromatic nitrogens is 2. The predicted molar refractivity (Wildman–Crippen MR) is 155 cm³/mol. The molecule has 5 rings (SSSR count). The van der Waals surface area contributed by atoms with Crippen molar-refractivity contribution in [1.29, 1.82) is 5.26 Å². The van der Waals surface area contributed by atoms with E-state index in [1.165, 1.54) is 0 Å². The second kappa shape index (κ2) is 11.2. The van der Waals surface area contributed by atoms with E-state index in [0.29, 0.717) is 28.8 Å². The van der Waals surface area contributed by atoms with E-state index in [2.05, 4.69) is 21.0 Å². The Morgan fingerprint density at radius 3 is 2.44 bits per heavy atom. The zero-order valence-corrected chi connectivity index (χ0v) is 23.7. The summed E-state index contributed by atoms with van der Waals surface area (Å²) >= 11 is 1.54. The number of sulfonamides is 1. The molecule has 0 radical (unpaired) electrons. The number of piperidine rings is 1. The molecule has 202 valence electrons. The Bertz CT molecular complexity index is 1610. The molecule has 0 saturated carbocycles. The van der Waals surface area contributed by atoms with Crippen molar-refractivity contribution in [2.45, 2.75) is 39.3 Å². The van der Waals surface area contributed by atoms with Crippen molar-refractivity contribution in [2.75, 3.05) is 29.4 Å². The van der Waals surface area contributed by atoms with Gasteiger partial charge in [-0.2, -0.15) is 10.2 Å². The van der Waals surface area contributed by atoms with Gasteiger partial charge in [-0.3, -0.25) is 9.62 Å². The molecule has 0 bridgehead atoms. The summed E-state index contributed by atoms with van der Waals surface area (Å²) in [5.74, 6) is 1.77. The number of aryl methyl sites for hydroxylation is 2. The number of hydrogen-bond donors (Lipinski definition) is 2. The molecule has 4 aromatic rings. The molecule has 2 aromatic carbocycles. The summed E-state index contributed by atoms with van der Waals surface area (Å²) in [7, 11) is -3.28. The van der Waals surface area contributed by atoms with Crippen molar-refractivity contribution < 1.29 is 13.2 Å². The van der Waals surface area contributed by atoms with E-state index < -0.39 is 10.0 Å². The maximum Gasteiger partial charge on any atom is 0.242 e. The summed E-state index contributed by atoms with van der Waals surface area (Å²) in [5.41, 5.74) is 4.93. The van der Waals surface area contributed by atoms with Crippen LogP contribution in [0.25, 0.3) is 10.2 Å². The fourth-order valence-electron chi connectivity index (χ4n) is 4.81. The third-order valence-corrected chi connectivity index (χ3v) is 8.14. The second-order valence-electron chi connectivity index (χ2n) is 9.91. The summed E-state index contributed by atoms with van der Waals surface area (Å²) in [6, 6.07) is 15.6. The molecule has 0 unspecified atom stereocenters. The number of anilines is 2. The first-order chi connectivity index (χ1) is 18.7. The summed E-state index contributed by atoms with van der Waals surface area (Å²) in [4.78, 5) is 11.9. The lowest BCUT2D eigenvalue weighted by Crippen LogP contribution is -2.39. The van der Waals surface area contributed by atoms with Gasteiger partial charge in [0.15, 0.2) is 0 Å². The first-order valence-electron chi connectivity index (χ1n) is 12.7. The molecular weight excluding hydrogens is 532 g/mol. The monoisotopic (exact) mass is 562 g/mol. The van der Waals surface area contributed by atoms with Crippen LogP contribution in [0.4, 0.5) is 11.6 Å². The smallest absolute Gasteiger partial charge is 0.242 e. The van der Waals surface area contributed by atoms with Crippen LogP contribution in [0.15, 0.2) is 47.8 Å². The van der Waals surface area contributed by atoms with Gasteiger partial charge in [0.25, 0.3) is 0 Å². The summed E-state index contributed by atoms with van der Waals surface area (Å²) in [6.07, 6.45) is 3.04. The van der Waals surface area contributed by atoms with Crippen LogP contribution in [0.1, 0.15) is 35.1 Å². The molecule has 0 aliphatic carbocycles. The third kappa shape index (κ3) is 6.65. The van der Waals surface area contributed by atoms with Crippen LogP contribution in [0.3, 0.4) is 0 Å². The summed E-state index contributed by atoms with van der Waals surface area (Å²) < 4.78 is 32.5. The third-order valence-electron chi connectivity index (χ3n) is 6.64. The minimum absolute atomic E-state index is 0.241. The molecule has 1 aliphatic heterocycles. The number of thiophene rings is 1. The maximum atomic E-state index is 11.4. The van der Waals surface area contributed by atoms with Gasteiger partial charge in [-0.05, 0) is 79.1 Å². The van der Waals surface area contributed by atoms with Crippen LogP contribution in [0.2, 0.25) is 0 Å². The van der Waals surface area contributed by atoms with Crippen molar-refractivity contribution in [3.63, 3.8) is 0 Å². The lowest BCUT2D eigenvalue weighted by molar-refractivity contribution is 0.211. The topological polar surface area (TPSA) is 120 Å². The molecule has 1 saturated heterocycles. The van der Waals surface area contributed by atoms with Crippen molar-refractivity contribution in [3.8, 4) is 17.7 Å². The Labute approximate surface area is 232 Å². The summed E-state index contributed by atoms with van der Waals surface area (Å²) in [6.45, 7) is 6.53. The zero-order chi connectivity index (χ0) is 27.6. The van der Waals surface area contributed by atoms with E-state index in [0.717, 1.165) is 65.6 Å². The quantitative estimate of drug-likeness (QED) is 0.292. The van der Waals surface area contributed by atoms with E-state index in [1.54, 1.807) is 23.5 Å². The number of nitrogens with zero attached hydrogens (tertiary/aromatic N) is 4. The molecule has 9 nitrogen and oxygen atoms in total. The van der Waals surface area contributed by atoms with Crippen LogP contribution < -0.4 is 14.8 Å². The number of ether oxygens (including phenoxy) is 1. The maximum absolute atomic E-state index is 11.4. The van der Waals surface area contributed by atoms with Gasteiger partial charge < -0.3 is 10.1 Å². The Hall–Kier alpha value is -3.72. The summed E-state index contributed by atoms with van der Waals surface area (Å²) in [5, 5.41) is 14.8. The Morgan fingerprint density at radius 1 is 1.10 bits per heavy atom. The Morgan fingerprint density at radius 2 is 1.79 bits per heavy atom. The average molecular weight is 563 g/mol. The van der Waals surface area contributed by atoms with Crippen molar-refractivity contribution in [1.82, 2.24) is 14.9 Å². The number of likely N-dealkylation sites (tertiary alicyclic amines) is 1. The lowest BCUT2D eigenvalue weighted by Gasteiger charge is -2.32. The average Bonchev–Trinajstić information content (AvgIpc) is 3.36.